The van der Waals surface area contributed by atoms with Crippen LogP contribution in [0.5, 0.6) is 0 Å². The van der Waals surface area contributed by atoms with Crippen molar-refractivity contribution in [3.8, 4) is 6.07 Å². The quantitative estimate of drug-likeness (QED) is 0.766. The van der Waals surface area contributed by atoms with Gasteiger partial charge < -0.3 is 5.11 Å². The Labute approximate surface area is 111 Å². The van der Waals surface area contributed by atoms with Crippen LogP contribution in [0.15, 0.2) is 0 Å². The molecule has 0 spiro atoms. The van der Waals surface area contributed by atoms with Gasteiger partial charge in [-0.2, -0.15) is 5.26 Å². The van der Waals surface area contributed by atoms with Crippen molar-refractivity contribution in [2.45, 2.75) is 71.3 Å². The molecule has 2 fully saturated rings. The molecule has 0 aromatic carbocycles. The van der Waals surface area contributed by atoms with Gasteiger partial charge in [0.2, 0.25) is 0 Å². The second-order valence-corrected chi connectivity index (χ2v) is 7.28. The van der Waals surface area contributed by atoms with E-state index < -0.39 is 11.0 Å². The maximum atomic E-state index is 11.2. The maximum Gasteiger partial charge on any atom is 0.0863 e. The summed E-state index contributed by atoms with van der Waals surface area (Å²) in [6, 6.07) is 2.55. The third-order valence-electron chi connectivity index (χ3n) is 5.28. The lowest BCUT2D eigenvalue weighted by molar-refractivity contribution is -0.125. The van der Waals surface area contributed by atoms with E-state index in [1.807, 2.05) is 0 Å². The minimum absolute atomic E-state index is 0.479. The molecule has 0 saturated heterocycles. The molecule has 4 atom stereocenters. The molecule has 2 saturated carbocycles. The molecule has 18 heavy (non-hydrogen) atoms. The molecular formula is C16H27NO. The van der Waals surface area contributed by atoms with Crippen molar-refractivity contribution < 1.29 is 5.11 Å². The molecule has 0 amide bonds. The van der Waals surface area contributed by atoms with Gasteiger partial charge in [0.05, 0.1) is 17.1 Å². The predicted octanol–water partition coefficient (Wildman–Crippen LogP) is 3.89. The summed E-state index contributed by atoms with van der Waals surface area (Å²) in [4.78, 5) is 0. The first-order chi connectivity index (χ1) is 8.41. The van der Waals surface area contributed by atoms with Crippen LogP contribution in [0.2, 0.25) is 0 Å². The molecule has 0 heterocycles. The van der Waals surface area contributed by atoms with Gasteiger partial charge >= 0.3 is 0 Å². The second-order valence-electron chi connectivity index (χ2n) is 7.28. The standard InChI is InChI=1S/C16H27NO/c1-12-5-4-6-15(8-12,11-17)16(18)9-13(2)7-14(3)10-16/h12-14,18H,4-10H2,1-3H3. The fourth-order valence-electron chi connectivity index (χ4n) is 4.66. The molecule has 2 aliphatic carbocycles. The van der Waals surface area contributed by atoms with Crippen molar-refractivity contribution in [2.24, 2.45) is 23.2 Å². The summed E-state index contributed by atoms with van der Waals surface area (Å²) in [7, 11) is 0. The van der Waals surface area contributed by atoms with Crippen LogP contribution in [0.3, 0.4) is 0 Å². The first-order valence-electron chi connectivity index (χ1n) is 7.54. The topological polar surface area (TPSA) is 44.0 Å². The summed E-state index contributed by atoms with van der Waals surface area (Å²) in [6.07, 6.45) is 6.92. The number of rotatable bonds is 1. The highest BCUT2D eigenvalue weighted by molar-refractivity contribution is 5.14. The highest BCUT2D eigenvalue weighted by Crippen LogP contribution is 2.53. The van der Waals surface area contributed by atoms with Gasteiger partial charge in [-0.25, -0.2) is 0 Å². The van der Waals surface area contributed by atoms with Crippen LogP contribution in [-0.4, -0.2) is 10.7 Å². The van der Waals surface area contributed by atoms with E-state index in [0.717, 1.165) is 32.1 Å². The van der Waals surface area contributed by atoms with Crippen molar-refractivity contribution in [3.63, 3.8) is 0 Å². The van der Waals surface area contributed by atoms with Crippen LogP contribution in [0.1, 0.15) is 65.7 Å². The third kappa shape index (κ3) is 2.30. The number of nitrogens with zero attached hydrogens (tertiary/aromatic N) is 1. The number of hydrogen-bond donors (Lipinski definition) is 1. The number of aliphatic hydroxyl groups is 1. The molecule has 4 unspecified atom stereocenters. The summed E-state index contributed by atoms with van der Waals surface area (Å²) in [6.45, 7) is 6.67. The SMILES string of the molecule is CC1CC(C)CC(O)(C2(C#N)CCCC(C)C2)C1. The zero-order valence-corrected chi connectivity index (χ0v) is 12.1. The summed E-state index contributed by atoms with van der Waals surface area (Å²) in [5, 5.41) is 20.9. The zero-order valence-electron chi connectivity index (χ0n) is 12.1. The number of hydrogen-bond acceptors (Lipinski definition) is 2. The molecule has 2 heteroatoms. The van der Waals surface area contributed by atoms with Crippen molar-refractivity contribution in [3.05, 3.63) is 0 Å². The van der Waals surface area contributed by atoms with Gasteiger partial charge in [0.25, 0.3) is 0 Å². The first kappa shape index (κ1) is 13.9. The highest BCUT2D eigenvalue weighted by atomic mass is 16.3. The molecule has 2 rings (SSSR count). The minimum Gasteiger partial charge on any atom is -0.388 e. The van der Waals surface area contributed by atoms with Gasteiger partial charge in [-0.3, -0.25) is 0 Å². The lowest BCUT2D eigenvalue weighted by Gasteiger charge is -2.51. The Morgan fingerprint density at radius 1 is 1.06 bits per heavy atom. The smallest absolute Gasteiger partial charge is 0.0863 e. The Morgan fingerprint density at radius 2 is 1.67 bits per heavy atom. The van der Waals surface area contributed by atoms with E-state index in [1.54, 1.807) is 0 Å². The van der Waals surface area contributed by atoms with Crippen LogP contribution in [0.4, 0.5) is 0 Å². The van der Waals surface area contributed by atoms with E-state index in [-0.39, 0.29) is 0 Å². The molecule has 0 aromatic heterocycles. The molecule has 0 aliphatic heterocycles. The van der Waals surface area contributed by atoms with Crippen LogP contribution in [0, 0.1) is 34.5 Å². The molecule has 0 aromatic rings. The average Bonchev–Trinajstić information content (AvgIpc) is 2.26. The van der Waals surface area contributed by atoms with Gasteiger partial charge in [0.15, 0.2) is 0 Å². The van der Waals surface area contributed by atoms with Crippen molar-refractivity contribution in [1.82, 2.24) is 0 Å². The third-order valence-corrected chi connectivity index (χ3v) is 5.28. The first-order valence-corrected chi connectivity index (χ1v) is 7.54. The Morgan fingerprint density at radius 3 is 2.17 bits per heavy atom. The number of nitriles is 1. The highest BCUT2D eigenvalue weighted by Gasteiger charge is 2.54. The second kappa shape index (κ2) is 4.85. The van der Waals surface area contributed by atoms with Gasteiger partial charge in [-0.15, -0.1) is 0 Å². The lowest BCUT2D eigenvalue weighted by Crippen LogP contribution is -2.53. The summed E-state index contributed by atoms with van der Waals surface area (Å²) in [5.41, 5.74) is -1.22. The predicted molar refractivity (Wildman–Crippen MR) is 72.8 cm³/mol. The Kier molecular flexibility index (Phi) is 3.74. The fraction of sp³-hybridized carbons (Fsp3) is 0.938. The molecule has 1 N–H and O–H groups in total. The Balaban J connectivity index is 2.28. The van der Waals surface area contributed by atoms with Gasteiger partial charge in [-0.1, -0.05) is 33.6 Å². The monoisotopic (exact) mass is 249 g/mol. The van der Waals surface area contributed by atoms with Crippen molar-refractivity contribution >= 4 is 0 Å². The van der Waals surface area contributed by atoms with Crippen LogP contribution in [-0.2, 0) is 0 Å². The van der Waals surface area contributed by atoms with E-state index in [4.69, 9.17) is 0 Å². The Hall–Kier alpha value is -0.550. The van der Waals surface area contributed by atoms with Crippen LogP contribution in [0.25, 0.3) is 0 Å². The van der Waals surface area contributed by atoms with E-state index in [0.29, 0.717) is 17.8 Å². The fourth-order valence-corrected chi connectivity index (χ4v) is 4.66. The zero-order chi connectivity index (χ0) is 13.4. The van der Waals surface area contributed by atoms with Crippen LogP contribution < -0.4 is 0 Å². The van der Waals surface area contributed by atoms with Gasteiger partial charge in [0, 0.05) is 0 Å². The molecule has 2 nitrogen and oxygen atoms in total. The molecule has 0 bridgehead atoms. The van der Waals surface area contributed by atoms with E-state index in [9.17, 15) is 10.4 Å². The Bertz CT molecular complexity index is 335. The maximum absolute atomic E-state index is 11.2. The summed E-state index contributed by atoms with van der Waals surface area (Å²) in [5.74, 6) is 1.66. The van der Waals surface area contributed by atoms with Crippen LogP contribution >= 0.6 is 0 Å². The largest absolute Gasteiger partial charge is 0.388 e. The molecular weight excluding hydrogens is 222 g/mol. The molecule has 102 valence electrons. The van der Waals surface area contributed by atoms with E-state index in [2.05, 4.69) is 26.8 Å². The minimum atomic E-state index is -0.743. The van der Waals surface area contributed by atoms with Crippen molar-refractivity contribution in [2.75, 3.05) is 0 Å². The normalized spacial score (nSPS) is 49.6. The summed E-state index contributed by atoms with van der Waals surface area (Å²) >= 11 is 0. The average molecular weight is 249 g/mol. The van der Waals surface area contributed by atoms with E-state index >= 15 is 0 Å². The van der Waals surface area contributed by atoms with Crippen molar-refractivity contribution in [1.29, 1.82) is 5.26 Å². The van der Waals surface area contributed by atoms with Gasteiger partial charge in [-0.05, 0) is 49.9 Å². The lowest BCUT2D eigenvalue weighted by atomic mass is 9.55. The summed E-state index contributed by atoms with van der Waals surface area (Å²) < 4.78 is 0. The molecule has 2 aliphatic rings. The van der Waals surface area contributed by atoms with Gasteiger partial charge in [0.1, 0.15) is 0 Å². The molecule has 0 radical (unpaired) electrons. The van der Waals surface area contributed by atoms with E-state index in [1.165, 1.54) is 12.8 Å².